The minimum absolute atomic E-state index is 0.217. The van der Waals surface area contributed by atoms with Gasteiger partial charge in [0.15, 0.2) is 0 Å². The zero-order chi connectivity index (χ0) is 16.9. The van der Waals surface area contributed by atoms with Crippen molar-refractivity contribution in [1.29, 1.82) is 0 Å². The van der Waals surface area contributed by atoms with E-state index in [-0.39, 0.29) is 6.04 Å². The molecular formula is C17H23N3O2S. The maximum absolute atomic E-state index is 11.7. The van der Waals surface area contributed by atoms with Crippen molar-refractivity contribution in [1.82, 2.24) is 10.3 Å². The predicted molar refractivity (Wildman–Crippen MR) is 93.7 cm³/mol. The standard InChI is InChI=1S/C17H23N3O2S/c1-12(15-18-9-10-23-15)19-11-13-5-7-14(8-6-13)20-16(21)22-17(2,3)4/h5-10,12,19H,11H2,1-4H3,(H,20,21). The molecule has 1 aromatic heterocycles. The Labute approximate surface area is 141 Å². The van der Waals surface area contributed by atoms with Crippen molar-refractivity contribution in [3.63, 3.8) is 0 Å². The highest BCUT2D eigenvalue weighted by atomic mass is 32.1. The van der Waals surface area contributed by atoms with Crippen LogP contribution < -0.4 is 10.6 Å². The van der Waals surface area contributed by atoms with E-state index < -0.39 is 11.7 Å². The van der Waals surface area contributed by atoms with E-state index in [4.69, 9.17) is 4.74 Å². The van der Waals surface area contributed by atoms with Gasteiger partial charge in [-0.2, -0.15) is 0 Å². The smallest absolute Gasteiger partial charge is 0.412 e. The van der Waals surface area contributed by atoms with Gasteiger partial charge in [0.2, 0.25) is 0 Å². The minimum atomic E-state index is -0.500. The number of ether oxygens (including phenoxy) is 1. The first-order valence-corrected chi connectivity index (χ1v) is 8.43. The first kappa shape index (κ1) is 17.4. The summed E-state index contributed by atoms with van der Waals surface area (Å²) in [5.74, 6) is 0. The van der Waals surface area contributed by atoms with E-state index in [1.165, 1.54) is 0 Å². The van der Waals surface area contributed by atoms with Gasteiger partial charge in [-0.3, -0.25) is 5.32 Å². The first-order chi connectivity index (χ1) is 10.8. The molecule has 2 N–H and O–H groups in total. The normalized spacial score (nSPS) is 12.7. The lowest BCUT2D eigenvalue weighted by Gasteiger charge is -2.19. The van der Waals surface area contributed by atoms with Gasteiger partial charge < -0.3 is 10.1 Å². The maximum atomic E-state index is 11.7. The Kier molecular flexibility index (Phi) is 5.74. The molecule has 1 aromatic carbocycles. The van der Waals surface area contributed by atoms with Gasteiger partial charge in [-0.1, -0.05) is 12.1 Å². The van der Waals surface area contributed by atoms with Crippen LogP contribution in [0.1, 0.15) is 44.3 Å². The number of anilines is 1. The van der Waals surface area contributed by atoms with Gasteiger partial charge in [0.1, 0.15) is 10.6 Å². The number of hydrogen-bond acceptors (Lipinski definition) is 5. The van der Waals surface area contributed by atoms with Crippen molar-refractivity contribution in [2.24, 2.45) is 0 Å². The Morgan fingerprint density at radius 2 is 2.00 bits per heavy atom. The van der Waals surface area contributed by atoms with E-state index >= 15 is 0 Å². The van der Waals surface area contributed by atoms with E-state index in [0.29, 0.717) is 0 Å². The van der Waals surface area contributed by atoms with Crippen LogP contribution in [0.3, 0.4) is 0 Å². The summed E-state index contributed by atoms with van der Waals surface area (Å²) < 4.78 is 5.22. The molecule has 0 bridgehead atoms. The highest BCUT2D eigenvalue weighted by molar-refractivity contribution is 7.09. The van der Waals surface area contributed by atoms with E-state index in [1.54, 1.807) is 11.3 Å². The number of hydrogen-bond donors (Lipinski definition) is 2. The fourth-order valence-electron chi connectivity index (χ4n) is 1.93. The van der Waals surface area contributed by atoms with Crippen molar-refractivity contribution in [3.8, 4) is 0 Å². The Hall–Kier alpha value is -1.92. The molecule has 2 rings (SSSR count). The lowest BCUT2D eigenvalue weighted by atomic mass is 10.2. The number of nitrogens with zero attached hydrogens (tertiary/aromatic N) is 1. The van der Waals surface area contributed by atoms with E-state index in [2.05, 4.69) is 22.5 Å². The Balaban J connectivity index is 1.83. The summed E-state index contributed by atoms with van der Waals surface area (Å²) in [5, 5.41) is 9.21. The first-order valence-electron chi connectivity index (χ1n) is 7.55. The number of benzene rings is 1. The number of thiazole rings is 1. The van der Waals surface area contributed by atoms with E-state index in [9.17, 15) is 4.79 Å². The minimum Gasteiger partial charge on any atom is -0.444 e. The van der Waals surface area contributed by atoms with Crippen LogP contribution in [0.2, 0.25) is 0 Å². The molecule has 1 atom stereocenters. The fourth-order valence-corrected chi connectivity index (χ4v) is 2.60. The molecule has 5 nitrogen and oxygen atoms in total. The highest BCUT2D eigenvalue weighted by Gasteiger charge is 2.16. The second kappa shape index (κ2) is 7.57. The molecule has 1 amide bonds. The van der Waals surface area contributed by atoms with Gasteiger partial charge in [0.05, 0.1) is 6.04 Å². The van der Waals surface area contributed by atoms with Crippen LogP contribution in [0.15, 0.2) is 35.8 Å². The topological polar surface area (TPSA) is 63.2 Å². The molecule has 23 heavy (non-hydrogen) atoms. The molecule has 0 aliphatic rings. The van der Waals surface area contributed by atoms with Gasteiger partial charge in [-0.25, -0.2) is 9.78 Å². The lowest BCUT2D eigenvalue weighted by Crippen LogP contribution is -2.27. The van der Waals surface area contributed by atoms with Crippen LogP contribution in [0.25, 0.3) is 0 Å². The monoisotopic (exact) mass is 333 g/mol. The third-order valence-corrected chi connectivity index (χ3v) is 3.99. The summed E-state index contributed by atoms with van der Waals surface area (Å²) in [4.78, 5) is 16.0. The van der Waals surface area contributed by atoms with Crippen LogP contribution in [-0.4, -0.2) is 16.7 Å². The van der Waals surface area contributed by atoms with Gasteiger partial charge in [0, 0.05) is 23.8 Å². The van der Waals surface area contributed by atoms with Crippen LogP contribution >= 0.6 is 11.3 Å². The van der Waals surface area contributed by atoms with Gasteiger partial charge in [0.25, 0.3) is 0 Å². The van der Waals surface area contributed by atoms with Crippen molar-refractivity contribution >= 4 is 23.1 Å². The van der Waals surface area contributed by atoms with Crippen LogP contribution in [-0.2, 0) is 11.3 Å². The highest BCUT2D eigenvalue weighted by Crippen LogP contribution is 2.16. The van der Waals surface area contributed by atoms with Crippen LogP contribution in [0.4, 0.5) is 10.5 Å². The molecule has 0 fully saturated rings. The lowest BCUT2D eigenvalue weighted by molar-refractivity contribution is 0.0636. The third kappa shape index (κ3) is 6.00. The predicted octanol–water partition coefficient (Wildman–Crippen LogP) is 4.34. The number of amides is 1. The molecule has 0 radical (unpaired) electrons. The zero-order valence-electron chi connectivity index (χ0n) is 13.9. The molecule has 0 aliphatic carbocycles. The molecule has 0 saturated carbocycles. The molecular weight excluding hydrogens is 310 g/mol. The second-order valence-corrected chi connectivity index (χ2v) is 7.22. The molecule has 0 saturated heterocycles. The number of nitrogens with one attached hydrogen (secondary N) is 2. The van der Waals surface area contributed by atoms with Gasteiger partial charge >= 0.3 is 6.09 Å². The average molecular weight is 333 g/mol. The van der Waals surface area contributed by atoms with Crippen molar-refractivity contribution < 1.29 is 9.53 Å². The van der Waals surface area contributed by atoms with Crippen LogP contribution in [0.5, 0.6) is 0 Å². The summed E-state index contributed by atoms with van der Waals surface area (Å²) in [6.07, 6.45) is 1.37. The number of rotatable bonds is 5. The summed E-state index contributed by atoms with van der Waals surface area (Å²) in [7, 11) is 0. The summed E-state index contributed by atoms with van der Waals surface area (Å²) in [6, 6.07) is 7.92. The molecule has 2 aromatic rings. The Morgan fingerprint density at radius 3 is 2.57 bits per heavy atom. The van der Waals surface area contributed by atoms with E-state index in [1.807, 2.05) is 56.6 Å². The number of carbonyl (C=O) groups excluding carboxylic acids is 1. The quantitative estimate of drug-likeness (QED) is 0.854. The summed E-state index contributed by atoms with van der Waals surface area (Å²) in [5.41, 5.74) is 1.36. The Bertz CT molecular complexity index is 618. The number of aromatic nitrogens is 1. The summed E-state index contributed by atoms with van der Waals surface area (Å²) in [6.45, 7) is 8.35. The molecule has 124 valence electrons. The van der Waals surface area contributed by atoms with E-state index in [0.717, 1.165) is 22.8 Å². The number of carbonyl (C=O) groups is 1. The molecule has 1 unspecified atom stereocenters. The average Bonchev–Trinajstić information content (AvgIpc) is 2.98. The summed E-state index contributed by atoms with van der Waals surface area (Å²) >= 11 is 1.64. The Morgan fingerprint density at radius 1 is 1.30 bits per heavy atom. The third-order valence-electron chi connectivity index (χ3n) is 3.03. The SMILES string of the molecule is CC(NCc1ccc(NC(=O)OC(C)(C)C)cc1)c1nccs1. The second-order valence-electron chi connectivity index (χ2n) is 6.30. The molecule has 6 heteroatoms. The molecule has 0 spiro atoms. The van der Waals surface area contributed by atoms with Crippen LogP contribution in [0, 0.1) is 0 Å². The van der Waals surface area contributed by atoms with Crippen molar-refractivity contribution in [3.05, 3.63) is 46.4 Å². The largest absolute Gasteiger partial charge is 0.444 e. The molecule has 0 aliphatic heterocycles. The molecule has 1 heterocycles. The van der Waals surface area contributed by atoms with Crippen molar-refractivity contribution in [2.45, 2.75) is 45.9 Å². The van der Waals surface area contributed by atoms with Gasteiger partial charge in [-0.15, -0.1) is 11.3 Å². The van der Waals surface area contributed by atoms with Gasteiger partial charge in [-0.05, 0) is 45.4 Å². The maximum Gasteiger partial charge on any atom is 0.412 e. The van der Waals surface area contributed by atoms with Crippen molar-refractivity contribution in [2.75, 3.05) is 5.32 Å². The zero-order valence-corrected chi connectivity index (χ0v) is 14.7. The fraction of sp³-hybridized carbons (Fsp3) is 0.412.